The molecule has 0 saturated carbocycles. The summed E-state index contributed by atoms with van der Waals surface area (Å²) in [5, 5.41) is 3.15. The van der Waals surface area contributed by atoms with Crippen LogP contribution in [0.3, 0.4) is 0 Å². The minimum atomic E-state index is -3.55. The molecule has 1 amide bonds. The van der Waals surface area contributed by atoms with Gasteiger partial charge in [-0.05, 0) is 55.3 Å². The molecule has 1 heterocycles. The van der Waals surface area contributed by atoms with Gasteiger partial charge in [0.1, 0.15) is 5.52 Å². The highest BCUT2D eigenvalue weighted by Gasteiger charge is 2.19. The number of oxazole rings is 1. The van der Waals surface area contributed by atoms with Crippen LogP contribution in [0.2, 0.25) is 0 Å². The summed E-state index contributed by atoms with van der Waals surface area (Å²) in [7, 11) is -0.605. The molecule has 148 valence electrons. The van der Waals surface area contributed by atoms with E-state index in [1.54, 1.807) is 6.07 Å². The predicted molar refractivity (Wildman–Crippen MR) is 110 cm³/mol. The van der Waals surface area contributed by atoms with Gasteiger partial charge in [0.05, 0.1) is 10.6 Å². The van der Waals surface area contributed by atoms with Gasteiger partial charge in [0.2, 0.25) is 15.9 Å². The Bertz CT molecular complexity index is 1140. The van der Waals surface area contributed by atoms with Gasteiger partial charge in [0.25, 0.3) is 5.22 Å². The molecule has 1 aromatic heterocycles. The highest BCUT2D eigenvalue weighted by Crippen LogP contribution is 2.26. The molecule has 3 rings (SSSR count). The van der Waals surface area contributed by atoms with Crippen LogP contribution in [0.5, 0.6) is 0 Å². The number of rotatable bonds is 6. The normalized spacial score (nSPS) is 11.9. The van der Waals surface area contributed by atoms with E-state index in [1.807, 2.05) is 32.0 Å². The summed E-state index contributed by atoms with van der Waals surface area (Å²) in [6.07, 6.45) is 0. The van der Waals surface area contributed by atoms with Crippen LogP contribution in [-0.4, -0.2) is 43.5 Å². The third-order valence-corrected chi connectivity index (χ3v) is 6.87. The van der Waals surface area contributed by atoms with Gasteiger partial charge in [-0.1, -0.05) is 17.8 Å². The first kappa shape index (κ1) is 20.4. The number of anilines is 1. The van der Waals surface area contributed by atoms with E-state index in [2.05, 4.69) is 10.3 Å². The summed E-state index contributed by atoms with van der Waals surface area (Å²) in [6.45, 7) is 4.00. The SMILES string of the molecule is Cc1ccc(NC(=O)CSc2nc3cc(S(=O)(=O)N(C)C)ccc3o2)cc1C. The Hall–Kier alpha value is -2.36. The van der Waals surface area contributed by atoms with Gasteiger partial charge in [0, 0.05) is 19.8 Å². The van der Waals surface area contributed by atoms with E-state index in [1.165, 1.54) is 26.2 Å². The topological polar surface area (TPSA) is 92.5 Å². The van der Waals surface area contributed by atoms with Gasteiger partial charge < -0.3 is 9.73 Å². The minimum Gasteiger partial charge on any atom is -0.431 e. The Morgan fingerprint density at radius 2 is 1.89 bits per heavy atom. The molecule has 0 fully saturated rings. The zero-order valence-corrected chi connectivity index (χ0v) is 17.6. The number of aromatic nitrogens is 1. The summed E-state index contributed by atoms with van der Waals surface area (Å²) in [4.78, 5) is 16.6. The van der Waals surface area contributed by atoms with Crippen LogP contribution in [0, 0.1) is 13.8 Å². The lowest BCUT2D eigenvalue weighted by Crippen LogP contribution is -2.22. The second-order valence-corrected chi connectivity index (χ2v) is 9.61. The number of hydrogen-bond donors (Lipinski definition) is 1. The van der Waals surface area contributed by atoms with E-state index in [9.17, 15) is 13.2 Å². The molecule has 0 saturated heterocycles. The number of carbonyl (C=O) groups is 1. The molecule has 3 aromatic rings. The summed E-state index contributed by atoms with van der Waals surface area (Å²) in [6, 6.07) is 10.2. The Balaban J connectivity index is 1.69. The van der Waals surface area contributed by atoms with Gasteiger partial charge >= 0.3 is 0 Å². The van der Waals surface area contributed by atoms with Gasteiger partial charge in [0.15, 0.2) is 5.58 Å². The van der Waals surface area contributed by atoms with E-state index in [4.69, 9.17) is 4.42 Å². The number of hydrogen-bond acceptors (Lipinski definition) is 6. The molecule has 0 atom stereocenters. The first-order valence-electron chi connectivity index (χ1n) is 8.50. The number of aryl methyl sites for hydroxylation is 2. The number of benzene rings is 2. The van der Waals surface area contributed by atoms with Crippen molar-refractivity contribution in [2.45, 2.75) is 24.0 Å². The fourth-order valence-corrected chi connectivity index (χ4v) is 4.02. The number of nitrogens with zero attached hydrogens (tertiary/aromatic N) is 2. The second-order valence-electron chi connectivity index (χ2n) is 6.53. The van der Waals surface area contributed by atoms with E-state index in [0.717, 1.165) is 32.9 Å². The fraction of sp³-hybridized carbons (Fsp3) is 0.263. The number of nitrogens with one attached hydrogen (secondary N) is 1. The van der Waals surface area contributed by atoms with Crippen molar-refractivity contribution < 1.29 is 17.6 Å². The molecule has 28 heavy (non-hydrogen) atoms. The third-order valence-electron chi connectivity index (χ3n) is 4.24. The van der Waals surface area contributed by atoms with Crippen molar-refractivity contribution in [3.05, 3.63) is 47.5 Å². The molecule has 2 aromatic carbocycles. The number of fused-ring (bicyclic) bond motifs is 1. The van der Waals surface area contributed by atoms with Crippen LogP contribution in [0.15, 0.2) is 50.9 Å². The van der Waals surface area contributed by atoms with Crippen LogP contribution < -0.4 is 5.32 Å². The van der Waals surface area contributed by atoms with E-state index >= 15 is 0 Å². The van der Waals surface area contributed by atoms with E-state index < -0.39 is 10.0 Å². The molecule has 0 aliphatic heterocycles. The molecule has 0 spiro atoms. The monoisotopic (exact) mass is 419 g/mol. The smallest absolute Gasteiger partial charge is 0.257 e. The van der Waals surface area contributed by atoms with E-state index in [0.29, 0.717) is 16.3 Å². The standard InChI is InChI=1S/C19H21N3O4S2/c1-12-5-6-14(9-13(12)2)20-18(23)11-27-19-21-16-10-15(7-8-17(16)26-19)28(24,25)22(3)4/h5-10H,11H2,1-4H3,(H,20,23). The largest absolute Gasteiger partial charge is 0.431 e. The Morgan fingerprint density at radius 3 is 2.57 bits per heavy atom. The summed E-state index contributed by atoms with van der Waals surface area (Å²) >= 11 is 1.15. The molecule has 0 bridgehead atoms. The number of thioether (sulfide) groups is 1. The maximum absolute atomic E-state index is 12.2. The maximum Gasteiger partial charge on any atom is 0.257 e. The summed E-state index contributed by atoms with van der Waals surface area (Å²) in [5.74, 6) is -0.0471. The molecule has 0 unspecified atom stereocenters. The zero-order valence-electron chi connectivity index (χ0n) is 16.0. The van der Waals surface area contributed by atoms with Gasteiger partial charge in [-0.15, -0.1) is 0 Å². The number of amides is 1. The summed E-state index contributed by atoms with van der Waals surface area (Å²) in [5.41, 5.74) is 3.90. The van der Waals surface area contributed by atoms with Crippen molar-refractivity contribution in [3.8, 4) is 0 Å². The maximum atomic E-state index is 12.2. The quantitative estimate of drug-likeness (QED) is 0.616. The zero-order chi connectivity index (χ0) is 20.5. The Labute approximate surface area is 168 Å². The highest BCUT2D eigenvalue weighted by molar-refractivity contribution is 7.99. The Kier molecular flexibility index (Phi) is 5.78. The van der Waals surface area contributed by atoms with Crippen LogP contribution in [0.25, 0.3) is 11.1 Å². The second kappa shape index (κ2) is 7.94. The minimum absolute atomic E-state index is 0.128. The van der Waals surface area contributed by atoms with Crippen molar-refractivity contribution in [2.75, 3.05) is 25.2 Å². The third kappa shape index (κ3) is 4.37. The lowest BCUT2D eigenvalue weighted by molar-refractivity contribution is -0.113. The van der Waals surface area contributed by atoms with Crippen molar-refractivity contribution in [3.63, 3.8) is 0 Å². The van der Waals surface area contributed by atoms with Crippen LogP contribution in [0.4, 0.5) is 5.69 Å². The Morgan fingerprint density at radius 1 is 1.14 bits per heavy atom. The molecule has 0 aliphatic carbocycles. The van der Waals surface area contributed by atoms with Gasteiger partial charge in [-0.2, -0.15) is 0 Å². The first-order valence-corrected chi connectivity index (χ1v) is 10.9. The van der Waals surface area contributed by atoms with Crippen LogP contribution >= 0.6 is 11.8 Å². The molecular weight excluding hydrogens is 398 g/mol. The molecule has 1 N–H and O–H groups in total. The highest BCUT2D eigenvalue weighted by atomic mass is 32.2. The molecule has 0 aliphatic rings. The van der Waals surface area contributed by atoms with Crippen molar-refractivity contribution in [1.29, 1.82) is 0 Å². The first-order chi connectivity index (χ1) is 13.2. The van der Waals surface area contributed by atoms with Crippen LogP contribution in [-0.2, 0) is 14.8 Å². The average molecular weight is 420 g/mol. The number of carbonyl (C=O) groups excluding carboxylic acids is 1. The fourth-order valence-electron chi connectivity index (χ4n) is 2.46. The lowest BCUT2D eigenvalue weighted by atomic mass is 10.1. The molecule has 7 nitrogen and oxygen atoms in total. The van der Waals surface area contributed by atoms with Gasteiger partial charge in [-0.25, -0.2) is 17.7 Å². The number of sulfonamides is 1. The van der Waals surface area contributed by atoms with E-state index in [-0.39, 0.29) is 16.6 Å². The van der Waals surface area contributed by atoms with Crippen molar-refractivity contribution in [1.82, 2.24) is 9.29 Å². The molecule has 9 heteroatoms. The van der Waals surface area contributed by atoms with Gasteiger partial charge in [-0.3, -0.25) is 4.79 Å². The predicted octanol–water partition coefficient (Wildman–Crippen LogP) is 3.43. The lowest BCUT2D eigenvalue weighted by Gasteiger charge is -2.10. The summed E-state index contributed by atoms with van der Waals surface area (Å²) < 4.78 is 31.2. The van der Waals surface area contributed by atoms with Crippen LogP contribution in [0.1, 0.15) is 11.1 Å². The molecular formula is C19H21N3O4S2. The van der Waals surface area contributed by atoms with Crippen molar-refractivity contribution in [2.24, 2.45) is 0 Å². The van der Waals surface area contributed by atoms with Crippen molar-refractivity contribution >= 4 is 44.5 Å². The molecule has 0 radical (unpaired) electrons. The average Bonchev–Trinajstić information content (AvgIpc) is 3.05.